The van der Waals surface area contributed by atoms with E-state index in [4.69, 9.17) is 4.42 Å². The highest BCUT2D eigenvalue weighted by Crippen LogP contribution is 2.17. The first-order valence-electron chi connectivity index (χ1n) is 6.45. The van der Waals surface area contributed by atoms with Gasteiger partial charge in [0.1, 0.15) is 17.4 Å². The summed E-state index contributed by atoms with van der Waals surface area (Å²) in [6, 6.07) is 11.4. The maximum absolute atomic E-state index is 12.2. The van der Waals surface area contributed by atoms with Gasteiger partial charge in [-0.1, -0.05) is 31.2 Å². The highest BCUT2D eigenvalue weighted by atomic mass is 16.3. The number of carbonyl (C=O) groups is 1. The van der Waals surface area contributed by atoms with Gasteiger partial charge in [-0.3, -0.25) is 4.79 Å². The first-order valence-corrected chi connectivity index (χ1v) is 6.45. The fourth-order valence-electron chi connectivity index (χ4n) is 1.93. The molecule has 100 valence electrons. The molecule has 0 saturated carbocycles. The molecule has 3 heteroatoms. The molecule has 0 fully saturated rings. The summed E-state index contributed by atoms with van der Waals surface area (Å²) >= 11 is 0. The number of benzene rings is 1. The second-order valence-electron chi connectivity index (χ2n) is 4.48. The van der Waals surface area contributed by atoms with E-state index >= 15 is 0 Å². The summed E-state index contributed by atoms with van der Waals surface area (Å²) in [4.78, 5) is 12.2. The number of nitrogens with zero attached hydrogens (tertiary/aromatic N) is 1. The van der Waals surface area contributed by atoms with E-state index < -0.39 is 0 Å². The number of ketones is 1. The minimum Gasteiger partial charge on any atom is -0.469 e. The van der Waals surface area contributed by atoms with Gasteiger partial charge in [-0.15, -0.1) is 0 Å². The first-order chi connectivity index (χ1) is 9.65. The Morgan fingerprint density at radius 1 is 1.30 bits per heavy atom. The highest BCUT2D eigenvalue weighted by molar-refractivity contribution is 6.14. The fraction of sp³-hybridized carbons (Fsp3) is 0.176. The van der Waals surface area contributed by atoms with Crippen LogP contribution in [0.5, 0.6) is 0 Å². The van der Waals surface area contributed by atoms with Gasteiger partial charge in [0.15, 0.2) is 0 Å². The van der Waals surface area contributed by atoms with Crippen LogP contribution in [0, 0.1) is 18.3 Å². The number of allylic oxidation sites excluding steroid dienone is 1. The van der Waals surface area contributed by atoms with Crippen LogP contribution in [0.25, 0.3) is 6.08 Å². The van der Waals surface area contributed by atoms with E-state index in [1.54, 1.807) is 19.1 Å². The molecule has 0 aliphatic carbocycles. The molecule has 2 rings (SSSR count). The van der Waals surface area contributed by atoms with Crippen molar-refractivity contribution < 1.29 is 9.21 Å². The van der Waals surface area contributed by atoms with Crippen molar-refractivity contribution in [2.75, 3.05) is 0 Å². The minimum atomic E-state index is -0.307. The van der Waals surface area contributed by atoms with E-state index in [1.165, 1.54) is 11.8 Å². The monoisotopic (exact) mass is 265 g/mol. The summed E-state index contributed by atoms with van der Waals surface area (Å²) in [5.74, 6) is 0.218. The second kappa shape index (κ2) is 6.03. The zero-order valence-electron chi connectivity index (χ0n) is 11.5. The lowest BCUT2D eigenvalue weighted by molar-refractivity contribution is 0.103. The Balaban J connectivity index is 2.32. The Bertz CT molecular complexity index is 685. The molecule has 20 heavy (non-hydrogen) atoms. The van der Waals surface area contributed by atoms with E-state index in [1.807, 2.05) is 30.3 Å². The molecule has 0 unspecified atom stereocenters. The van der Waals surface area contributed by atoms with Crippen LogP contribution in [0.2, 0.25) is 0 Å². The number of hydrogen-bond acceptors (Lipinski definition) is 3. The molecule has 0 amide bonds. The van der Waals surface area contributed by atoms with E-state index in [2.05, 4.69) is 6.92 Å². The fourth-order valence-corrected chi connectivity index (χ4v) is 1.93. The number of hydrogen-bond donors (Lipinski definition) is 0. The molecule has 1 aromatic heterocycles. The van der Waals surface area contributed by atoms with Crippen LogP contribution in [0.1, 0.15) is 34.2 Å². The van der Waals surface area contributed by atoms with Crippen molar-refractivity contribution in [1.29, 1.82) is 5.26 Å². The highest BCUT2D eigenvalue weighted by Gasteiger charge is 2.16. The lowest BCUT2D eigenvalue weighted by atomic mass is 10.0. The molecule has 0 saturated heterocycles. The van der Waals surface area contributed by atoms with Gasteiger partial charge in [0.2, 0.25) is 5.78 Å². The standard InChI is InChI=1S/C17H15NO2/c1-3-13-4-6-14(7-5-13)10-15(11-18)17(19)16-8-9-20-12(16)2/h4-10H,3H2,1-2H3/b15-10+. The van der Waals surface area contributed by atoms with Gasteiger partial charge in [0, 0.05) is 0 Å². The van der Waals surface area contributed by atoms with Gasteiger partial charge >= 0.3 is 0 Å². The van der Waals surface area contributed by atoms with Gasteiger partial charge in [0.05, 0.1) is 11.8 Å². The summed E-state index contributed by atoms with van der Waals surface area (Å²) in [5.41, 5.74) is 2.60. The number of nitriles is 1. The molecule has 0 radical (unpaired) electrons. The molecule has 0 aliphatic heterocycles. The van der Waals surface area contributed by atoms with Crippen molar-refractivity contribution in [3.8, 4) is 6.07 Å². The lowest BCUT2D eigenvalue weighted by Gasteiger charge is -2.00. The SMILES string of the molecule is CCc1ccc(/C=C(\C#N)C(=O)c2ccoc2C)cc1. The summed E-state index contributed by atoms with van der Waals surface area (Å²) in [5, 5.41) is 9.18. The predicted octanol–water partition coefficient (Wildman–Crippen LogP) is 3.94. The van der Waals surface area contributed by atoms with Gasteiger partial charge < -0.3 is 4.42 Å². The molecule has 0 bridgehead atoms. The van der Waals surface area contributed by atoms with Crippen molar-refractivity contribution in [3.63, 3.8) is 0 Å². The van der Waals surface area contributed by atoms with Crippen LogP contribution in [0.4, 0.5) is 0 Å². The van der Waals surface area contributed by atoms with Gasteiger partial charge in [-0.2, -0.15) is 5.26 Å². The molecular formula is C17H15NO2. The van der Waals surface area contributed by atoms with Gasteiger partial charge in [0.25, 0.3) is 0 Å². The van der Waals surface area contributed by atoms with E-state index in [0.29, 0.717) is 11.3 Å². The molecule has 0 N–H and O–H groups in total. The maximum atomic E-state index is 12.2. The number of carbonyl (C=O) groups excluding carboxylic acids is 1. The Kier molecular flexibility index (Phi) is 4.17. The molecule has 1 heterocycles. The van der Waals surface area contributed by atoms with Crippen LogP contribution in [0.3, 0.4) is 0 Å². The molecule has 1 aromatic carbocycles. The predicted molar refractivity (Wildman–Crippen MR) is 77.2 cm³/mol. The average Bonchev–Trinajstić information content (AvgIpc) is 2.91. The second-order valence-corrected chi connectivity index (χ2v) is 4.48. The van der Waals surface area contributed by atoms with Crippen molar-refractivity contribution in [2.24, 2.45) is 0 Å². The molecule has 2 aromatic rings. The Hall–Kier alpha value is -2.60. The third-order valence-electron chi connectivity index (χ3n) is 3.17. The van der Waals surface area contributed by atoms with Gasteiger partial charge in [-0.05, 0) is 36.6 Å². The maximum Gasteiger partial charge on any atom is 0.207 e. The van der Waals surface area contributed by atoms with Crippen LogP contribution in [-0.4, -0.2) is 5.78 Å². The lowest BCUT2D eigenvalue weighted by Crippen LogP contribution is -2.02. The van der Waals surface area contributed by atoms with Crippen molar-refractivity contribution in [3.05, 3.63) is 64.6 Å². The van der Waals surface area contributed by atoms with E-state index in [0.717, 1.165) is 12.0 Å². The topological polar surface area (TPSA) is 54.0 Å². The Morgan fingerprint density at radius 3 is 2.50 bits per heavy atom. The van der Waals surface area contributed by atoms with Gasteiger partial charge in [-0.25, -0.2) is 0 Å². The zero-order valence-corrected chi connectivity index (χ0v) is 11.5. The Labute approximate surface area is 118 Å². The quantitative estimate of drug-likeness (QED) is 0.478. The van der Waals surface area contributed by atoms with Crippen LogP contribution >= 0.6 is 0 Å². The van der Waals surface area contributed by atoms with E-state index in [-0.39, 0.29) is 11.4 Å². The molecule has 3 nitrogen and oxygen atoms in total. The van der Waals surface area contributed by atoms with Crippen LogP contribution in [-0.2, 0) is 6.42 Å². The first kappa shape index (κ1) is 13.8. The number of aryl methyl sites for hydroxylation is 2. The normalized spacial score (nSPS) is 11.2. The van der Waals surface area contributed by atoms with Crippen LogP contribution in [0.15, 0.2) is 46.6 Å². The van der Waals surface area contributed by atoms with E-state index in [9.17, 15) is 10.1 Å². The molecular weight excluding hydrogens is 250 g/mol. The summed E-state index contributed by atoms with van der Waals surface area (Å²) < 4.78 is 5.10. The zero-order chi connectivity index (χ0) is 14.5. The average molecular weight is 265 g/mol. The van der Waals surface area contributed by atoms with Crippen LogP contribution < -0.4 is 0 Å². The smallest absolute Gasteiger partial charge is 0.207 e. The third-order valence-corrected chi connectivity index (χ3v) is 3.17. The number of rotatable bonds is 4. The number of Topliss-reactive ketones (excluding diaryl/α,β-unsaturated/α-hetero) is 1. The molecule has 0 aliphatic rings. The third kappa shape index (κ3) is 2.86. The Morgan fingerprint density at radius 2 is 2.00 bits per heavy atom. The summed E-state index contributed by atoms with van der Waals surface area (Å²) in [7, 11) is 0. The molecule has 0 spiro atoms. The number of furan rings is 1. The van der Waals surface area contributed by atoms with Crippen molar-refractivity contribution >= 4 is 11.9 Å². The van der Waals surface area contributed by atoms with Crippen molar-refractivity contribution in [1.82, 2.24) is 0 Å². The van der Waals surface area contributed by atoms with Crippen molar-refractivity contribution in [2.45, 2.75) is 20.3 Å². The largest absolute Gasteiger partial charge is 0.469 e. The summed E-state index contributed by atoms with van der Waals surface area (Å²) in [6.45, 7) is 3.79. The minimum absolute atomic E-state index is 0.110. The summed E-state index contributed by atoms with van der Waals surface area (Å²) in [6.07, 6.45) is 4.02. The molecule has 0 atom stereocenters.